The number of nitrogens with zero attached hydrogens (tertiary/aromatic N) is 2. The molecule has 1 aromatic heterocycles. The maximum Gasteiger partial charge on any atom is 0.416 e. The first-order chi connectivity index (χ1) is 14.1. The molecule has 0 aliphatic carbocycles. The van der Waals surface area contributed by atoms with Crippen molar-refractivity contribution >= 4 is 17.6 Å². The molecule has 0 saturated heterocycles. The van der Waals surface area contributed by atoms with E-state index in [1.807, 2.05) is 0 Å². The summed E-state index contributed by atoms with van der Waals surface area (Å²) in [5, 5.41) is 14.9. The van der Waals surface area contributed by atoms with Gasteiger partial charge >= 0.3 is 12.1 Å². The number of nitrogens with two attached hydrogens (primary N) is 1. The van der Waals surface area contributed by atoms with E-state index in [4.69, 9.17) is 15.4 Å². The third kappa shape index (κ3) is 5.00. The molecule has 30 heavy (non-hydrogen) atoms. The number of aliphatic carboxylic acids is 1. The summed E-state index contributed by atoms with van der Waals surface area (Å²) in [6.45, 7) is 0. The zero-order valence-corrected chi connectivity index (χ0v) is 15.2. The molecule has 156 valence electrons. The minimum absolute atomic E-state index is 0.00637. The van der Waals surface area contributed by atoms with E-state index in [0.717, 1.165) is 12.1 Å². The molecule has 1 atom stereocenters. The quantitative estimate of drug-likeness (QED) is 0.558. The van der Waals surface area contributed by atoms with E-state index in [-0.39, 0.29) is 17.3 Å². The topological polar surface area (TPSA) is 131 Å². The molecule has 11 heteroatoms. The molecule has 0 radical (unpaired) electrons. The van der Waals surface area contributed by atoms with Crippen LogP contribution in [0.3, 0.4) is 0 Å². The lowest BCUT2D eigenvalue weighted by molar-refractivity contribution is -0.139. The predicted octanol–water partition coefficient (Wildman–Crippen LogP) is 3.16. The number of carbonyl (C=O) groups is 2. The van der Waals surface area contributed by atoms with Gasteiger partial charge in [-0.25, -0.2) is 0 Å². The molecule has 3 rings (SSSR count). The molecule has 0 bridgehead atoms. The first kappa shape index (κ1) is 21.0. The summed E-state index contributed by atoms with van der Waals surface area (Å²) >= 11 is 0. The van der Waals surface area contributed by atoms with Gasteiger partial charge in [-0.05, 0) is 36.4 Å². The molecule has 0 spiro atoms. The van der Waals surface area contributed by atoms with Crippen molar-refractivity contribution in [3.05, 3.63) is 54.1 Å². The number of nitrogens with one attached hydrogen (secondary N) is 1. The molecule has 4 N–H and O–H groups in total. The highest BCUT2D eigenvalue weighted by atomic mass is 19.4. The van der Waals surface area contributed by atoms with Crippen molar-refractivity contribution in [2.24, 2.45) is 5.73 Å². The largest absolute Gasteiger partial charge is 0.481 e. The van der Waals surface area contributed by atoms with Gasteiger partial charge in [-0.2, -0.15) is 18.2 Å². The highest BCUT2D eigenvalue weighted by molar-refractivity contribution is 5.96. The van der Waals surface area contributed by atoms with E-state index < -0.39 is 36.1 Å². The standard InChI is InChI=1S/C19H15F3N4O4/c20-19(21,22)12-3-1-2-11(8-12)16-25-18(30-26-16)10-4-6-13(7-5-10)24-17(29)14(23)9-15(27)28/h1-8,14H,9,23H2,(H,24,29)(H,27,28)/t14-/m0/s1. The zero-order valence-electron chi connectivity index (χ0n) is 15.2. The number of hydrogen-bond acceptors (Lipinski definition) is 6. The van der Waals surface area contributed by atoms with Crippen LogP contribution in [0.5, 0.6) is 0 Å². The van der Waals surface area contributed by atoms with Crippen molar-refractivity contribution in [2.45, 2.75) is 18.6 Å². The van der Waals surface area contributed by atoms with Gasteiger partial charge in [0.1, 0.15) is 0 Å². The van der Waals surface area contributed by atoms with Crippen molar-refractivity contribution in [3.8, 4) is 22.8 Å². The number of hydrogen-bond donors (Lipinski definition) is 3. The van der Waals surface area contributed by atoms with E-state index in [1.165, 1.54) is 24.3 Å². The molecule has 1 amide bonds. The fourth-order valence-corrected chi connectivity index (χ4v) is 2.50. The lowest BCUT2D eigenvalue weighted by Crippen LogP contribution is -2.37. The lowest BCUT2D eigenvalue weighted by Gasteiger charge is -2.10. The smallest absolute Gasteiger partial charge is 0.416 e. The van der Waals surface area contributed by atoms with Crippen LogP contribution in [0.4, 0.5) is 18.9 Å². The second-order valence-electron chi connectivity index (χ2n) is 6.27. The molecule has 0 fully saturated rings. The van der Waals surface area contributed by atoms with E-state index in [9.17, 15) is 22.8 Å². The summed E-state index contributed by atoms with van der Waals surface area (Å²) in [6, 6.07) is 9.46. The Hall–Kier alpha value is -3.73. The van der Waals surface area contributed by atoms with Gasteiger partial charge < -0.3 is 20.7 Å². The molecule has 1 heterocycles. The van der Waals surface area contributed by atoms with Crippen LogP contribution in [-0.4, -0.2) is 33.2 Å². The maximum absolute atomic E-state index is 12.9. The number of amides is 1. The molecule has 8 nitrogen and oxygen atoms in total. The first-order valence-corrected chi connectivity index (χ1v) is 8.53. The Kier molecular flexibility index (Phi) is 5.83. The summed E-state index contributed by atoms with van der Waals surface area (Å²) in [6.07, 6.45) is -5.00. The average molecular weight is 420 g/mol. The minimum atomic E-state index is -4.49. The summed E-state index contributed by atoms with van der Waals surface area (Å²) in [5.41, 5.74) is 5.64. The van der Waals surface area contributed by atoms with Gasteiger partial charge in [0.15, 0.2) is 0 Å². The molecule has 3 aromatic rings. The normalized spacial score (nSPS) is 12.4. The minimum Gasteiger partial charge on any atom is -0.481 e. The molecule has 0 aliphatic rings. The van der Waals surface area contributed by atoms with Crippen LogP contribution in [0.25, 0.3) is 22.8 Å². The Bertz CT molecular complexity index is 1060. The maximum atomic E-state index is 12.9. The summed E-state index contributed by atoms with van der Waals surface area (Å²) in [5.74, 6) is -1.79. The number of carboxylic acid groups (broad SMARTS) is 1. The van der Waals surface area contributed by atoms with Gasteiger partial charge in [-0.3, -0.25) is 9.59 Å². The van der Waals surface area contributed by atoms with Crippen molar-refractivity contribution in [3.63, 3.8) is 0 Å². The molecular weight excluding hydrogens is 405 g/mol. The zero-order chi connectivity index (χ0) is 21.9. The third-order valence-corrected chi connectivity index (χ3v) is 4.00. The number of halogens is 3. The van der Waals surface area contributed by atoms with Crippen molar-refractivity contribution in [2.75, 3.05) is 5.32 Å². The van der Waals surface area contributed by atoms with Gasteiger partial charge in [0.25, 0.3) is 5.89 Å². The van der Waals surface area contributed by atoms with Gasteiger partial charge in [0.2, 0.25) is 11.7 Å². The van der Waals surface area contributed by atoms with Crippen LogP contribution >= 0.6 is 0 Å². The SMILES string of the molecule is N[C@@H](CC(=O)O)C(=O)Nc1ccc(-c2nc(-c3cccc(C(F)(F)F)c3)no2)cc1. The molecule has 0 unspecified atom stereocenters. The Labute approximate surface area is 167 Å². The molecule has 2 aromatic carbocycles. The Morgan fingerprint density at radius 3 is 2.47 bits per heavy atom. The number of carbonyl (C=O) groups excluding carboxylic acids is 1. The first-order valence-electron chi connectivity index (χ1n) is 8.53. The molecular formula is C19H15F3N4O4. The average Bonchev–Trinajstić information content (AvgIpc) is 3.18. The van der Waals surface area contributed by atoms with Gasteiger partial charge in [0, 0.05) is 16.8 Å². The van der Waals surface area contributed by atoms with Crippen LogP contribution < -0.4 is 11.1 Å². The van der Waals surface area contributed by atoms with E-state index in [2.05, 4.69) is 15.5 Å². The molecule has 0 aliphatic heterocycles. The lowest BCUT2D eigenvalue weighted by atomic mass is 10.1. The molecule has 0 saturated carbocycles. The van der Waals surface area contributed by atoms with E-state index >= 15 is 0 Å². The van der Waals surface area contributed by atoms with Crippen molar-refractivity contribution in [1.82, 2.24) is 10.1 Å². The summed E-state index contributed by atoms with van der Waals surface area (Å²) < 4.78 is 43.7. The van der Waals surface area contributed by atoms with Gasteiger partial charge in [-0.1, -0.05) is 17.3 Å². The predicted molar refractivity (Wildman–Crippen MR) is 99.0 cm³/mol. The number of alkyl halides is 3. The Morgan fingerprint density at radius 2 is 1.83 bits per heavy atom. The van der Waals surface area contributed by atoms with Crippen LogP contribution in [0.1, 0.15) is 12.0 Å². The number of carboxylic acids is 1. The fourth-order valence-electron chi connectivity index (χ4n) is 2.50. The third-order valence-electron chi connectivity index (χ3n) is 4.00. The second kappa shape index (κ2) is 8.33. The van der Waals surface area contributed by atoms with Gasteiger partial charge in [-0.15, -0.1) is 0 Å². The van der Waals surface area contributed by atoms with Crippen LogP contribution in [-0.2, 0) is 15.8 Å². The van der Waals surface area contributed by atoms with Crippen LogP contribution in [0, 0.1) is 0 Å². The second-order valence-corrected chi connectivity index (χ2v) is 6.27. The summed E-state index contributed by atoms with van der Waals surface area (Å²) in [4.78, 5) is 26.5. The monoisotopic (exact) mass is 420 g/mol. The van der Waals surface area contributed by atoms with Crippen molar-refractivity contribution < 1.29 is 32.4 Å². The number of aromatic nitrogens is 2. The van der Waals surface area contributed by atoms with Crippen molar-refractivity contribution in [1.29, 1.82) is 0 Å². The summed E-state index contributed by atoms with van der Waals surface area (Å²) in [7, 11) is 0. The highest BCUT2D eigenvalue weighted by Crippen LogP contribution is 2.32. The Morgan fingerprint density at radius 1 is 1.13 bits per heavy atom. The van der Waals surface area contributed by atoms with E-state index in [1.54, 1.807) is 12.1 Å². The van der Waals surface area contributed by atoms with Gasteiger partial charge in [0.05, 0.1) is 18.0 Å². The van der Waals surface area contributed by atoms with Crippen LogP contribution in [0.2, 0.25) is 0 Å². The highest BCUT2D eigenvalue weighted by Gasteiger charge is 2.30. The number of anilines is 1. The van der Waals surface area contributed by atoms with E-state index in [0.29, 0.717) is 11.3 Å². The van der Waals surface area contributed by atoms with Crippen LogP contribution in [0.15, 0.2) is 53.1 Å². The number of rotatable bonds is 6. The Balaban J connectivity index is 1.73. The number of benzene rings is 2. The fraction of sp³-hybridized carbons (Fsp3) is 0.158.